The van der Waals surface area contributed by atoms with Gasteiger partial charge in [0.1, 0.15) is 0 Å². The van der Waals surface area contributed by atoms with Gasteiger partial charge in [0.05, 0.1) is 13.2 Å². The molecule has 0 aromatic rings. The van der Waals surface area contributed by atoms with Crippen molar-refractivity contribution in [2.45, 2.75) is 45.3 Å². The van der Waals surface area contributed by atoms with E-state index in [4.69, 9.17) is 9.47 Å². The van der Waals surface area contributed by atoms with E-state index in [-0.39, 0.29) is 5.79 Å². The Hall–Kier alpha value is -0.0800. The van der Waals surface area contributed by atoms with Crippen LogP contribution in [0.4, 0.5) is 0 Å². The predicted molar refractivity (Wildman–Crippen MR) is 51.4 cm³/mol. The number of rotatable bonds is 0. The SMILES string of the molecule is CC1(C)OCC2CCCCC2CO1. The van der Waals surface area contributed by atoms with Gasteiger partial charge in [-0.2, -0.15) is 0 Å². The predicted octanol–water partition coefficient (Wildman–Crippen LogP) is 2.58. The van der Waals surface area contributed by atoms with Gasteiger partial charge < -0.3 is 9.47 Å². The zero-order valence-electron chi connectivity index (χ0n) is 8.71. The molecule has 2 heteroatoms. The van der Waals surface area contributed by atoms with Crippen molar-refractivity contribution in [2.75, 3.05) is 13.2 Å². The summed E-state index contributed by atoms with van der Waals surface area (Å²) >= 11 is 0. The summed E-state index contributed by atoms with van der Waals surface area (Å²) in [5, 5.41) is 0. The fourth-order valence-electron chi connectivity index (χ4n) is 2.38. The molecule has 0 spiro atoms. The molecule has 0 aromatic heterocycles. The zero-order valence-corrected chi connectivity index (χ0v) is 8.71. The van der Waals surface area contributed by atoms with Gasteiger partial charge in [-0.05, 0) is 38.5 Å². The highest BCUT2D eigenvalue weighted by atomic mass is 16.7. The summed E-state index contributed by atoms with van der Waals surface area (Å²) in [5.74, 6) is 1.17. The number of hydrogen-bond acceptors (Lipinski definition) is 2. The van der Waals surface area contributed by atoms with Crippen LogP contribution in [0.1, 0.15) is 39.5 Å². The second-order valence-corrected chi connectivity index (χ2v) is 4.83. The minimum absolute atomic E-state index is 0.350. The average Bonchev–Trinajstić information content (AvgIpc) is 2.27. The number of fused-ring (bicyclic) bond motifs is 1. The molecule has 0 aromatic carbocycles. The van der Waals surface area contributed by atoms with Crippen molar-refractivity contribution in [1.82, 2.24) is 0 Å². The normalized spacial score (nSPS) is 39.2. The third-order valence-corrected chi connectivity index (χ3v) is 3.36. The lowest BCUT2D eigenvalue weighted by Crippen LogP contribution is -2.27. The molecule has 0 radical (unpaired) electrons. The first-order valence-corrected chi connectivity index (χ1v) is 5.45. The van der Waals surface area contributed by atoms with Gasteiger partial charge in [-0.1, -0.05) is 12.8 Å². The molecule has 76 valence electrons. The van der Waals surface area contributed by atoms with Gasteiger partial charge >= 0.3 is 0 Å². The highest BCUT2D eigenvalue weighted by Gasteiger charge is 2.33. The lowest BCUT2D eigenvalue weighted by atomic mass is 9.80. The van der Waals surface area contributed by atoms with Crippen LogP contribution in [0.2, 0.25) is 0 Å². The maximum absolute atomic E-state index is 5.74. The second kappa shape index (κ2) is 3.58. The topological polar surface area (TPSA) is 18.5 Å². The molecule has 13 heavy (non-hydrogen) atoms. The average molecular weight is 184 g/mol. The van der Waals surface area contributed by atoms with E-state index >= 15 is 0 Å². The Labute approximate surface area is 80.6 Å². The van der Waals surface area contributed by atoms with Crippen LogP contribution >= 0.6 is 0 Å². The summed E-state index contributed by atoms with van der Waals surface area (Å²) in [4.78, 5) is 0. The molecule has 2 unspecified atom stereocenters. The Morgan fingerprint density at radius 1 is 0.923 bits per heavy atom. The van der Waals surface area contributed by atoms with E-state index in [0.29, 0.717) is 0 Å². The zero-order chi connectivity index (χ0) is 9.31. The molecule has 1 saturated carbocycles. The summed E-state index contributed by atoms with van der Waals surface area (Å²) in [7, 11) is 0. The maximum Gasteiger partial charge on any atom is 0.162 e. The first kappa shape index (κ1) is 9.47. The molecule has 0 N–H and O–H groups in total. The van der Waals surface area contributed by atoms with Crippen molar-refractivity contribution in [1.29, 1.82) is 0 Å². The molecule has 2 nitrogen and oxygen atoms in total. The van der Waals surface area contributed by atoms with Gasteiger partial charge in [0.15, 0.2) is 5.79 Å². The maximum atomic E-state index is 5.74. The van der Waals surface area contributed by atoms with Gasteiger partial charge in [-0.25, -0.2) is 0 Å². The number of hydrogen-bond donors (Lipinski definition) is 0. The van der Waals surface area contributed by atoms with E-state index < -0.39 is 0 Å². The third-order valence-electron chi connectivity index (χ3n) is 3.36. The largest absolute Gasteiger partial charge is 0.350 e. The Kier molecular flexibility index (Phi) is 2.61. The van der Waals surface area contributed by atoms with Gasteiger partial charge in [-0.15, -0.1) is 0 Å². The van der Waals surface area contributed by atoms with Crippen LogP contribution in [-0.4, -0.2) is 19.0 Å². The van der Waals surface area contributed by atoms with Crippen molar-refractivity contribution in [3.63, 3.8) is 0 Å². The van der Waals surface area contributed by atoms with Crippen molar-refractivity contribution >= 4 is 0 Å². The molecule has 2 rings (SSSR count). The van der Waals surface area contributed by atoms with E-state index in [0.717, 1.165) is 25.0 Å². The van der Waals surface area contributed by atoms with Gasteiger partial charge in [0.25, 0.3) is 0 Å². The van der Waals surface area contributed by atoms with E-state index in [1.54, 1.807) is 0 Å². The van der Waals surface area contributed by atoms with Crippen molar-refractivity contribution in [3.8, 4) is 0 Å². The van der Waals surface area contributed by atoms with Crippen molar-refractivity contribution in [3.05, 3.63) is 0 Å². The smallest absolute Gasteiger partial charge is 0.162 e. The van der Waals surface area contributed by atoms with Gasteiger partial charge in [0, 0.05) is 0 Å². The molecular formula is C11H20O2. The van der Waals surface area contributed by atoms with E-state index in [2.05, 4.69) is 0 Å². The molecule has 0 amide bonds. The monoisotopic (exact) mass is 184 g/mol. The summed E-state index contributed by atoms with van der Waals surface area (Å²) in [5.41, 5.74) is 0. The van der Waals surface area contributed by atoms with Crippen LogP contribution in [0.3, 0.4) is 0 Å². The Bertz CT molecular complexity index is 159. The van der Waals surface area contributed by atoms with Crippen LogP contribution in [0.5, 0.6) is 0 Å². The van der Waals surface area contributed by atoms with Crippen LogP contribution in [-0.2, 0) is 9.47 Å². The van der Waals surface area contributed by atoms with E-state index in [1.807, 2.05) is 13.8 Å². The number of ether oxygens (including phenoxy) is 2. The van der Waals surface area contributed by atoms with Crippen LogP contribution in [0.25, 0.3) is 0 Å². The molecule has 1 saturated heterocycles. The molecule has 1 aliphatic carbocycles. The van der Waals surface area contributed by atoms with E-state index in [1.165, 1.54) is 25.7 Å². The first-order valence-electron chi connectivity index (χ1n) is 5.45. The Morgan fingerprint density at radius 3 is 1.85 bits per heavy atom. The van der Waals surface area contributed by atoms with Crippen LogP contribution in [0, 0.1) is 11.8 Å². The Morgan fingerprint density at radius 2 is 1.38 bits per heavy atom. The van der Waals surface area contributed by atoms with Crippen LogP contribution < -0.4 is 0 Å². The quantitative estimate of drug-likeness (QED) is 0.576. The molecule has 1 heterocycles. The fraction of sp³-hybridized carbons (Fsp3) is 1.00. The lowest BCUT2D eigenvalue weighted by molar-refractivity contribution is -0.202. The summed E-state index contributed by atoms with van der Waals surface area (Å²) in [6.07, 6.45) is 5.43. The molecule has 2 atom stereocenters. The van der Waals surface area contributed by atoms with Gasteiger partial charge in [0.2, 0.25) is 0 Å². The minimum atomic E-state index is -0.350. The van der Waals surface area contributed by atoms with Gasteiger partial charge in [-0.3, -0.25) is 0 Å². The lowest BCUT2D eigenvalue weighted by Gasteiger charge is -2.27. The van der Waals surface area contributed by atoms with Crippen molar-refractivity contribution in [2.24, 2.45) is 11.8 Å². The molecular weight excluding hydrogens is 164 g/mol. The van der Waals surface area contributed by atoms with Crippen molar-refractivity contribution < 1.29 is 9.47 Å². The Balaban J connectivity index is 1.99. The molecule has 2 fully saturated rings. The molecule has 0 bridgehead atoms. The molecule has 1 aliphatic heterocycles. The summed E-state index contributed by atoms with van der Waals surface area (Å²) < 4.78 is 11.5. The van der Waals surface area contributed by atoms with E-state index in [9.17, 15) is 0 Å². The second-order valence-electron chi connectivity index (χ2n) is 4.83. The first-order chi connectivity index (χ1) is 6.17. The third kappa shape index (κ3) is 2.23. The summed E-state index contributed by atoms with van der Waals surface area (Å²) in [6, 6.07) is 0. The minimum Gasteiger partial charge on any atom is -0.350 e. The highest BCUT2D eigenvalue weighted by Crippen LogP contribution is 2.34. The van der Waals surface area contributed by atoms with Crippen LogP contribution in [0.15, 0.2) is 0 Å². The summed E-state index contributed by atoms with van der Waals surface area (Å²) in [6.45, 7) is 5.84. The highest BCUT2D eigenvalue weighted by molar-refractivity contribution is 4.78. The molecule has 2 aliphatic rings. The fourth-order valence-corrected chi connectivity index (χ4v) is 2.38. The standard InChI is InChI=1S/C11H20O2/c1-11(2)12-7-9-5-3-4-6-10(9)8-13-11/h9-10H,3-8H2,1-2H3.